The SMILES string of the molecule is C=CNc1ccccc1CNC1CCN(c2ncc(C(=O)NO)cn2)CC1. The van der Waals surface area contributed by atoms with Gasteiger partial charge in [0.15, 0.2) is 0 Å². The molecule has 8 heteroatoms. The Bertz CT molecular complexity index is 772. The van der Waals surface area contributed by atoms with Crippen molar-refractivity contribution in [3.05, 3.63) is 60.6 Å². The summed E-state index contributed by atoms with van der Waals surface area (Å²) in [5.41, 5.74) is 4.08. The predicted molar refractivity (Wildman–Crippen MR) is 104 cm³/mol. The monoisotopic (exact) mass is 368 g/mol. The second-order valence-electron chi connectivity index (χ2n) is 6.36. The van der Waals surface area contributed by atoms with Crippen molar-refractivity contribution in [2.24, 2.45) is 0 Å². The topological polar surface area (TPSA) is 102 Å². The van der Waals surface area contributed by atoms with E-state index >= 15 is 0 Å². The van der Waals surface area contributed by atoms with Crippen LogP contribution >= 0.6 is 0 Å². The summed E-state index contributed by atoms with van der Waals surface area (Å²) in [5.74, 6) is -0.0147. The number of nitrogens with zero attached hydrogens (tertiary/aromatic N) is 3. The summed E-state index contributed by atoms with van der Waals surface area (Å²) in [6.45, 7) is 6.20. The van der Waals surface area contributed by atoms with E-state index in [4.69, 9.17) is 5.21 Å². The van der Waals surface area contributed by atoms with Crippen LogP contribution in [0.4, 0.5) is 11.6 Å². The third-order valence-electron chi connectivity index (χ3n) is 4.64. The molecule has 27 heavy (non-hydrogen) atoms. The number of hydrogen-bond donors (Lipinski definition) is 4. The molecule has 142 valence electrons. The van der Waals surface area contributed by atoms with Gasteiger partial charge in [0.2, 0.25) is 5.95 Å². The number of amides is 1. The van der Waals surface area contributed by atoms with E-state index in [1.54, 1.807) is 11.7 Å². The Balaban J connectivity index is 1.50. The van der Waals surface area contributed by atoms with E-state index in [2.05, 4.69) is 38.1 Å². The van der Waals surface area contributed by atoms with Crippen LogP contribution < -0.4 is 21.0 Å². The lowest BCUT2D eigenvalue weighted by molar-refractivity contribution is 0.0705. The summed E-state index contributed by atoms with van der Waals surface area (Å²) >= 11 is 0. The van der Waals surface area contributed by atoms with Crippen LogP contribution in [0.25, 0.3) is 0 Å². The molecule has 2 aromatic rings. The lowest BCUT2D eigenvalue weighted by Gasteiger charge is -2.32. The predicted octanol–water partition coefficient (Wildman–Crippen LogP) is 1.91. The number of para-hydroxylation sites is 1. The molecule has 0 spiro atoms. The normalized spacial score (nSPS) is 14.6. The highest BCUT2D eigenvalue weighted by atomic mass is 16.5. The Morgan fingerprint density at radius 1 is 1.26 bits per heavy atom. The second kappa shape index (κ2) is 9.11. The third kappa shape index (κ3) is 4.81. The quantitative estimate of drug-likeness (QED) is 0.437. The summed E-state index contributed by atoms with van der Waals surface area (Å²) in [6.07, 6.45) is 6.49. The van der Waals surface area contributed by atoms with Crippen LogP contribution in [0.1, 0.15) is 28.8 Å². The fourth-order valence-corrected chi connectivity index (χ4v) is 3.13. The standard InChI is InChI=1S/C19H24N6O2/c1-2-20-17-6-4-3-5-14(17)11-21-16-7-9-25(10-8-16)19-22-12-15(13-23-19)18(26)24-27/h2-6,12-13,16,20-21,27H,1,7-11H2,(H,24,26). The number of hydroxylamine groups is 1. The van der Waals surface area contributed by atoms with Crippen molar-refractivity contribution in [2.45, 2.75) is 25.4 Å². The molecule has 0 unspecified atom stereocenters. The molecule has 0 bridgehead atoms. The van der Waals surface area contributed by atoms with Crippen molar-refractivity contribution < 1.29 is 10.0 Å². The van der Waals surface area contributed by atoms with Crippen LogP contribution in [0.5, 0.6) is 0 Å². The first-order chi connectivity index (χ1) is 13.2. The number of carbonyl (C=O) groups excluding carboxylic acids is 1. The maximum absolute atomic E-state index is 11.3. The highest BCUT2D eigenvalue weighted by Crippen LogP contribution is 2.18. The molecule has 0 atom stereocenters. The van der Waals surface area contributed by atoms with Gasteiger partial charge in [-0.25, -0.2) is 15.4 Å². The lowest BCUT2D eigenvalue weighted by Crippen LogP contribution is -2.43. The number of benzene rings is 1. The van der Waals surface area contributed by atoms with Gasteiger partial charge in [0.05, 0.1) is 5.56 Å². The van der Waals surface area contributed by atoms with E-state index in [1.807, 2.05) is 18.2 Å². The van der Waals surface area contributed by atoms with Gasteiger partial charge in [-0.1, -0.05) is 24.8 Å². The average Bonchev–Trinajstić information content (AvgIpc) is 2.73. The lowest BCUT2D eigenvalue weighted by atomic mass is 10.0. The number of anilines is 2. The van der Waals surface area contributed by atoms with E-state index in [0.29, 0.717) is 12.0 Å². The van der Waals surface area contributed by atoms with Gasteiger partial charge in [0, 0.05) is 43.8 Å². The first-order valence-electron chi connectivity index (χ1n) is 8.91. The zero-order valence-corrected chi connectivity index (χ0v) is 15.1. The van der Waals surface area contributed by atoms with Crippen LogP contribution in [0.2, 0.25) is 0 Å². The molecule has 1 aromatic heterocycles. The Kier molecular flexibility index (Phi) is 6.35. The molecule has 0 saturated carbocycles. The maximum atomic E-state index is 11.3. The van der Waals surface area contributed by atoms with Crippen molar-refractivity contribution >= 4 is 17.5 Å². The van der Waals surface area contributed by atoms with E-state index in [-0.39, 0.29) is 5.56 Å². The summed E-state index contributed by atoms with van der Waals surface area (Å²) in [6, 6.07) is 8.61. The van der Waals surface area contributed by atoms with Gasteiger partial charge in [0.1, 0.15) is 0 Å². The van der Waals surface area contributed by atoms with Crippen LogP contribution in [-0.4, -0.2) is 40.2 Å². The fraction of sp³-hybridized carbons (Fsp3) is 0.316. The Morgan fingerprint density at radius 2 is 1.96 bits per heavy atom. The highest BCUT2D eigenvalue weighted by molar-refractivity contribution is 5.92. The largest absolute Gasteiger partial charge is 0.362 e. The van der Waals surface area contributed by atoms with E-state index in [1.165, 1.54) is 18.0 Å². The van der Waals surface area contributed by atoms with E-state index < -0.39 is 5.91 Å². The van der Waals surface area contributed by atoms with Crippen molar-refractivity contribution in [1.29, 1.82) is 0 Å². The maximum Gasteiger partial charge on any atom is 0.277 e. The number of rotatable bonds is 7. The first kappa shape index (κ1) is 18.8. The minimum atomic E-state index is -0.615. The third-order valence-corrected chi connectivity index (χ3v) is 4.64. The van der Waals surface area contributed by atoms with E-state index in [9.17, 15) is 4.79 Å². The second-order valence-corrected chi connectivity index (χ2v) is 6.36. The Hall–Kier alpha value is -2.97. The zero-order chi connectivity index (χ0) is 19.1. The molecule has 1 aliphatic heterocycles. The number of carbonyl (C=O) groups is 1. The molecule has 8 nitrogen and oxygen atoms in total. The fourth-order valence-electron chi connectivity index (χ4n) is 3.13. The van der Waals surface area contributed by atoms with Crippen LogP contribution in [-0.2, 0) is 6.54 Å². The van der Waals surface area contributed by atoms with Gasteiger partial charge in [-0.2, -0.15) is 0 Å². The van der Waals surface area contributed by atoms with Crippen molar-refractivity contribution in [1.82, 2.24) is 20.8 Å². The van der Waals surface area contributed by atoms with Crippen molar-refractivity contribution in [3.63, 3.8) is 0 Å². The molecular weight excluding hydrogens is 344 g/mol. The molecule has 1 amide bonds. The summed E-state index contributed by atoms with van der Waals surface area (Å²) in [7, 11) is 0. The molecule has 0 aliphatic carbocycles. The molecule has 1 aliphatic rings. The molecule has 1 aromatic carbocycles. The molecule has 0 radical (unpaired) electrons. The van der Waals surface area contributed by atoms with Crippen LogP contribution in [0, 0.1) is 0 Å². The van der Waals surface area contributed by atoms with Gasteiger partial charge >= 0.3 is 0 Å². The van der Waals surface area contributed by atoms with Crippen LogP contribution in [0.15, 0.2) is 49.4 Å². The molecule has 2 heterocycles. The zero-order valence-electron chi connectivity index (χ0n) is 15.1. The van der Waals surface area contributed by atoms with Gasteiger partial charge in [0.25, 0.3) is 5.91 Å². The van der Waals surface area contributed by atoms with Gasteiger partial charge in [-0.15, -0.1) is 0 Å². The average molecular weight is 368 g/mol. The van der Waals surface area contributed by atoms with E-state index in [0.717, 1.165) is 38.2 Å². The van der Waals surface area contributed by atoms with Crippen LogP contribution in [0.3, 0.4) is 0 Å². The summed E-state index contributed by atoms with van der Waals surface area (Å²) in [4.78, 5) is 21.9. The minimum absolute atomic E-state index is 0.226. The highest BCUT2D eigenvalue weighted by Gasteiger charge is 2.21. The van der Waals surface area contributed by atoms with Crippen molar-refractivity contribution in [3.8, 4) is 0 Å². The Morgan fingerprint density at radius 3 is 2.63 bits per heavy atom. The van der Waals surface area contributed by atoms with Gasteiger partial charge < -0.3 is 15.5 Å². The molecule has 1 fully saturated rings. The smallest absolute Gasteiger partial charge is 0.277 e. The van der Waals surface area contributed by atoms with Crippen molar-refractivity contribution in [2.75, 3.05) is 23.3 Å². The number of piperidine rings is 1. The molecule has 4 N–H and O–H groups in total. The van der Waals surface area contributed by atoms with Gasteiger partial charge in [-0.05, 0) is 30.7 Å². The minimum Gasteiger partial charge on any atom is -0.362 e. The number of hydrogen-bond acceptors (Lipinski definition) is 7. The summed E-state index contributed by atoms with van der Waals surface area (Å²) < 4.78 is 0. The molecular formula is C19H24N6O2. The first-order valence-corrected chi connectivity index (χ1v) is 8.91. The van der Waals surface area contributed by atoms with Gasteiger partial charge in [-0.3, -0.25) is 10.0 Å². The molecule has 1 saturated heterocycles. The molecule has 3 rings (SSSR count). The summed E-state index contributed by atoms with van der Waals surface area (Å²) in [5, 5.41) is 15.4. The number of nitrogens with one attached hydrogen (secondary N) is 3. The number of aromatic nitrogens is 2. The Labute approximate surface area is 158 Å².